The van der Waals surface area contributed by atoms with Crippen molar-refractivity contribution in [1.29, 1.82) is 0 Å². The number of benzene rings is 1. The molecule has 1 heterocycles. The highest BCUT2D eigenvalue weighted by Gasteiger charge is 2.78. The van der Waals surface area contributed by atoms with Crippen LogP contribution in [0.15, 0.2) is 41.5 Å². The number of hydrogen-bond donors (Lipinski definition) is 3. The second-order valence-electron chi connectivity index (χ2n) is 12.8. The maximum atomic E-state index is 14.8. The van der Waals surface area contributed by atoms with E-state index < -0.39 is 82.2 Å². The average molecular weight is 587 g/mol. The summed E-state index contributed by atoms with van der Waals surface area (Å²) in [5, 5.41) is 35.8. The third kappa shape index (κ3) is 4.08. The zero-order valence-electron chi connectivity index (χ0n) is 24.6. The van der Waals surface area contributed by atoms with Crippen molar-refractivity contribution in [3.05, 3.63) is 47.0 Å². The molecule has 3 N–H and O–H groups in total. The van der Waals surface area contributed by atoms with Crippen molar-refractivity contribution in [3.63, 3.8) is 0 Å². The van der Waals surface area contributed by atoms with E-state index in [1.54, 1.807) is 39.0 Å². The van der Waals surface area contributed by atoms with Crippen molar-refractivity contribution in [2.24, 2.45) is 16.7 Å². The van der Waals surface area contributed by atoms with Gasteiger partial charge in [-0.25, -0.2) is 4.79 Å². The van der Waals surface area contributed by atoms with Crippen molar-refractivity contribution < 1.29 is 53.4 Å². The van der Waals surface area contributed by atoms with Gasteiger partial charge in [0.15, 0.2) is 17.5 Å². The number of esters is 3. The minimum absolute atomic E-state index is 0.110. The highest BCUT2D eigenvalue weighted by Crippen LogP contribution is 2.64. The predicted octanol–water partition coefficient (Wildman–Crippen LogP) is 1.65. The van der Waals surface area contributed by atoms with Gasteiger partial charge >= 0.3 is 17.9 Å². The van der Waals surface area contributed by atoms with Gasteiger partial charge in [0.05, 0.1) is 35.7 Å². The van der Waals surface area contributed by atoms with Gasteiger partial charge in [-0.2, -0.15) is 0 Å². The van der Waals surface area contributed by atoms with Crippen molar-refractivity contribution in [3.8, 4) is 0 Å². The molecule has 2 saturated carbocycles. The number of Topliss-reactive ketones (excluding diaryl/α,β-unsaturated/α-hetero) is 1. The molecule has 11 nitrogen and oxygen atoms in total. The number of carbonyl (C=O) groups excluding carboxylic acids is 4. The number of carbonyl (C=O) groups is 4. The SMILES string of the molecule is CC(=O)OC1C(=O)[C@]2(C)C(O)C[C@H]3OC[C@@]3(OC(C)=O)[C@H]2C(OC(=O)c2ccccc2)[C@]2(O)CC(O)C(C)=C1C2(C)C. The molecular formula is C31H38O11. The Balaban J connectivity index is 1.84. The van der Waals surface area contributed by atoms with E-state index in [1.807, 2.05) is 0 Å². The predicted molar refractivity (Wildman–Crippen MR) is 145 cm³/mol. The van der Waals surface area contributed by atoms with Gasteiger partial charge in [0.25, 0.3) is 0 Å². The first-order valence-electron chi connectivity index (χ1n) is 14.1. The second kappa shape index (κ2) is 9.97. The monoisotopic (exact) mass is 586 g/mol. The number of aliphatic hydroxyl groups is 3. The zero-order valence-corrected chi connectivity index (χ0v) is 24.6. The molecule has 3 fully saturated rings. The molecule has 1 aromatic rings. The van der Waals surface area contributed by atoms with Gasteiger partial charge < -0.3 is 34.3 Å². The Kier molecular flexibility index (Phi) is 7.20. The Morgan fingerprint density at radius 2 is 1.64 bits per heavy atom. The lowest BCUT2D eigenvalue weighted by molar-refractivity contribution is -0.345. The zero-order chi connectivity index (χ0) is 31.0. The molecule has 9 atom stereocenters. The third-order valence-corrected chi connectivity index (χ3v) is 10.2. The quantitative estimate of drug-likeness (QED) is 0.267. The third-order valence-electron chi connectivity index (χ3n) is 10.2. The summed E-state index contributed by atoms with van der Waals surface area (Å²) in [6.45, 7) is 8.42. The smallest absolute Gasteiger partial charge is 0.338 e. The van der Waals surface area contributed by atoms with Crippen LogP contribution in [-0.4, -0.2) is 87.3 Å². The van der Waals surface area contributed by atoms with Crippen molar-refractivity contribution in [2.45, 2.75) is 96.1 Å². The van der Waals surface area contributed by atoms with Crippen LogP contribution >= 0.6 is 0 Å². The first-order valence-corrected chi connectivity index (χ1v) is 14.1. The van der Waals surface area contributed by atoms with Gasteiger partial charge in [0.1, 0.15) is 17.8 Å². The van der Waals surface area contributed by atoms with Gasteiger partial charge in [-0.3, -0.25) is 14.4 Å². The summed E-state index contributed by atoms with van der Waals surface area (Å²) in [5.41, 5.74) is -6.38. The van der Waals surface area contributed by atoms with Crippen LogP contribution < -0.4 is 0 Å². The highest BCUT2D eigenvalue weighted by atomic mass is 16.6. The largest absolute Gasteiger partial charge is 0.455 e. The number of rotatable bonds is 4. The number of ketones is 1. The normalized spacial score (nSPS) is 40.4. The fourth-order valence-electron chi connectivity index (χ4n) is 7.91. The molecule has 42 heavy (non-hydrogen) atoms. The highest BCUT2D eigenvalue weighted by molar-refractivity contribution is 5.95. The van der Waals surface area contributed by atoms with Crippen LogP contribution in [0, 0.1) is 16.7 Å². The van der Waals surface area contributed by atoms with Crippen LogP contribution in [0.1, 0.15) is 64.7 Å². The van der Waals surface area contributed by atoms with Gasteiger partial charge in [0.2, 0.25) is 0 Å². The average Bonchev–Trinajstić information content (AvgIpc) is 2.90. The summed E-state index contributed by atoms with van der Waals surface area (Å²) in [4.78, 5) is 53.4. The van der Waals surface area contributed by atoms with Crippen molar-refractivity contribution >= 4 is 23.7 Å². The molecule has 2 bridgehead atoms. The maximum absolute atomic E-state index is 14.8. The molecular weight excluding hydrogens is 548 g/mol. The summed E-state index contributed by atoms with van der Waals surface area (Å²) < 4.78 is 23.5. The molecule has 11 heteroatoms. The molecule has 4 aliphatic rings. The summed E-state index contributed by atoms with van der Waals surface area (Å²) in [5.74, 6) is -4.41. The number of ether oxygens (including phenoxy) is 4. The molecule has 4 unspecified atom stereocenters. The van der Waals surface area contributed by atoms with Gasteiger partial charge in [-0.1, -0.05) is 32.0 Å². The summed E-state index contributed by atoms with van der Waals surface area (Å²) in [6, 6.07) is 8.05. The minimum Gasteiger partial charge on any atom is -0.455 e. The lowest BCUT2D eigenvalue weighted by Gasteiger charge is -2.67. The Hall–Kier alpha value is -3.12. The fraction of sp³-hybridized carbons (Fsp3) is 0.613. The van der Waals surface area contributed by atoms with E-state index in [0.717, 1.165) is 6.92 Å². The number of hydrogen-bond acceptors (Lipinski definition) is 11. The van der Waals surface area contributed by atoms with Crippen LogP contribution in [0.25, 0.3) is 0 Å². The van der Waals surface area contributed by atoms with Crippen LogP contribution in [-0.2, 0) is 33.3 Å². The molecule has 1 aromatic carbocycles. The van der Waals surface area contributed by atoms with E-state index in [0.29, 0.717) is 5.57 Å². The molecule has 228 valence electrons. The van der Waals surface area contributed by atoms with Crippen molar-refractivity contribution in [2.75, 3.05) is 6.61 Å². The van der Waals surface area contributed by atoms with Crippen LogP contribution in [0.4, 0.5) is 0 Å². The van der Waals surface area contributed by atoms with E-state index in [1.165, 1.54) is 26.0 Å². The van der Waals surface area contributed by atoms with Crippen molar-refractivity contribution in [1.82, 2.24) is 0 Å². The fourth-order valence-corrected chi connectivity index (χ4v) is 7.91. The van der Waals surface area contributed by atoms with Crippen LogP contribution in [0.3, 0.4) is 0 Å². The molecule has 0 spiro atoms. The second-order valence-corrected chi connectivity index (χ2v) is 12.8. The molecule has 0 aromatic heterocycles. The standard InChI is InChI=1S/C31H38O11/c1-15-19(34)13-31(38)26(41-27(37)18-10-8-7-9-11-18)24-29(6,20(35)12-21-30(24,14-39-21)42-17(3)33)25(36)23(40-16(2)32)22(15)28(31,4)5/h7-11,19-21,23-24,26,34-35,38H,12-14H2,1-6H3/t19?,20?,21-,23?,24+,26?,29-,30+,31-/m1/s1. The van der Waals surface area contributed by atoms with Gasteiger partial charge in [0, 0.05) is 32.1 Å². The Labute approximate surface area is 243 Å². The van der Waals surface area contributed by atoms with Crippen LogP contribution in [0.2, 0.25) is 0 Å². The van der Waals surface area contributed by atoms with E-state index in [-0.39, 0.29) is 30.6 Å². The molecule has 3 aliphatic carbocycles. The molecule has 5 rings (SSSR count). The Bertz CT molecular complexity index is 1350. The van der Waals surface area contributed by atoms with E-state index in [9.17, 15) is 34.5 Å². The lowest BCUT2D eigenvalue weighted by Crippen LogP contribution is -2.81. The van der Waals surface area contributed by atoms with E-state index in [4.69, 9.17) is 18.9 Å². The first-order chi connectivity index (χ1) is 19.5. The lowest BCUT2D eigenvalue weighted by atomic mass is 9.44. The Morgan fingerprint density at radius 1 is 1.00 bits per heavy atom. The Morgan fingerprint density at radius 3 is 2.19 bits per heavy atom. The van der Waals surface area contributed by atoms with Gasteiger partial charge in [-0.05, 0) is 37.1 Å². The number of fused-ring (bicyclic) bond motifs is 5. The minimum atomic E-state index is -2.11. The van der Waals surface area contributed by atoms with Gasteiger partial charge in [-0.15, -0.1) is 0 Å². The topological polar surface area (TPSA) is 166 Å². The summed E-state index contributed by atoms with van der Waals surface area (Å²) in [6.07, 6.45) is -7.27. The summed E-state index contributed by atoms with van der Waals surface area (Å²) >= 11 is 0. The summed E-state index contributed by atoms with van der Waals surface area (Å²) in [7, 11) is 0. The number of aliphatic hydroxyl groups excluding tert-OH is 2. The first kappa shape index (κ1) is 30.3. The van der Waals surface area contributed by atoms with Crippen LogP contribution in [0.5, 0.6) is 0 Å². The molecule has 1 saturated heterocycles. The molecule has 0 radical (unpaired) electrons. The van der Waals surface area contributed by atoms with E-state index >= 15 is 0 Å². The maximum Gasteiger partial charge on any atom is 0.338 e. The molecule has 1 aliphatic heterocycles. The molecule has 0 amide bonds. The van der Waals surface area contributed by atoms with E-state index in [2.05, 4.69) is 0 Å².